The van der Waals surface area contributed by atoms with Crippen LogP contribution in [0.3, 0.4) is 0 Å². The largest absolute Gasteiger partial charge is 0.465 e. The van der Waals surface area contributed by atoms with E-state index in [1.165, 1.54) is 19.3 Å². The molecule has 0 atom stereocenters. The van der Waals surface area contributed by atoms with Crippen molar-refractivity contribution in [2.75, 3.05) is 39.3 Å². The Morgan fingerprint density at radius 3 is 2.65 bits per heavy atom. The van der Waals surface area contributed by atoms with Crippen molar-refractivity contribution in [1.29, 1.82) is 0 Å². The molecule has 100 valence electrons. The number of nitrogens with zero attached hydrogens (tertiary/aromatic N) is 1. The van der Waals surface area contributed by atoms with Gasteiger partial charge in [0.05, 0.1) is 13.2 Å². The third kappa shape index (κ3) is 6.03. The first kappa shape index (κ1) is 14.5. The maximum atomic E-state index is 11.3. The lowest BCUT2D eigenvalue weighted by Crippen LogP contribution is -2.40. The maximum Gasteiger partial charge on any atom is 0.320 e. The number of nitrogens with one attached hydrogen (secondary N) is 1. The average molecular weight is 242 g/mol. The van der Waals surface area contributed by atoms with Crippen molar-refractivity contribution in [3.05, 3.63) is 0 Å². The standard InChI is InChI=1S/C13H26N2O2/c1-3-7-14-10-12-5-8-15(9-6-12)11-13(16)17-4-2/h12,14H,3-11H2,1-2H3. The second-order valence-electron chi connectivity index (χ2n) is 4.73. The minimum Gasteiger partial charge on any atom is -0.465 e. The number of carbonyl (C=O) groups excluding carboxylic acids is 1. The first-order chi connectivity index (χ1) is 8.26. The molecule has 0 aliphatic carbocycles. The quantitative estimate of drug-likeness (QED) is 0.539. The van der Waals surface area contributed by atoms with Gasteiger partial charge in [-0.3, -0.25) is 9.69 Å². The Bertz CT molecular complexity index is 213. The molecule has 1 N–H and O–H groups in total. The normalized spacial score (nSPS) is 18.2. The van der Waals surface area contributed by atoms with Gasteiger partial charge < -0.3 is 10.1 Å². The van der Waals surface area contributed by atoms with Crippen molar-refractivity contribution in [2.24, 2.45) is 5.92 Å². The van der Waals surface area contributed by atoms with E-state index in [0.717, 1.165) is 32.1 Å². The molecule has 1 aliphatic heterocycles. The molecule has 1 saturated heterocycles. The molecule has 0 aromatic rings. The summed E-state index contributed by atoms with van der Waals surface area (Å²) >= 11 is 0. The molecule has 1 rings (SSSR count). The molecule has 0 amide bonds. The Balaban J connectivity index is 2.10. The summed E-state index contributed by atoms with van der Waals surface area (Å²) in [6.45, 7) is 9.27. The van der Waals surface area contributed by atoms with E-state index in [2.05, 4.69) is 17.1 Å². The third-order valence-corrected chi connectivity index (χ3v) is 3.22. The van der Waals surface area contributed by atoms with Gasteiger partial charge in [-0.05, 0) is 58.3 Å². The molecule has 0 bridgehead atoms. The van der Waals surface area contributed by atoms with E-state index in [1.807, 2.05) is 6.92 Å². The first-order valence-electron chi connectivity index (χ1n) is 6.85. The number of ether oxygens (including phenoxy) is 1. The molecule has 0 unspecified atom stereocenters. The Hall–Kier alpha value is -0.610. The summed E-state index contributed by atoms with van der Waals surface area (Å²) in [5, 5.41) is 3.47. The van der Waals surface area contributed by atoms with Crippen molar-refractivity contribution >= 4 is 5.97 Å². The van der Waals surface area contributed by atoms with Gasteiger partial charge in [0.25, 0.3) is 0 Å². The van der Waals surface area contributed by atoms with E-state index >= 15 is 0 Å². The first-order valence-corrected chi connectivity index (χ1v) is 6.85. The fourth-order valence-corrected chi connectivity index (χ4v) is 2.22. The van der Waals surface area contributed by atoms with Gasteiger partial charge in [0.2, 0.25) is 0 Å². The van der Waals surface area contributed by atoms with Crippen LogP contribution < -0.4 is 5.32 Å². The van der Waals surface area contributed by atoms with Crippen LogP contribution in [0.15, 0.2) is 0 Å². The van der Waals surface area contributed by atoms with Crippen LogP contribution >= 0.6 is 0 Å². The molecule has 17 heavy (non-hydrogen) atoms. The van der Waals surface area contributed by atoms with Crippen LogP contribution in [-0.2, 0) is 9.53 Å². The van der Waals surface area contributed by atoms with Gasteiger partial charge in [0.15, 0.2) is 0 Å². The van der Waals surface area contributed by atoms with Crippen molar-refractivity contribution in [2.45, 2.75) is 33.1 Å². The van der Waals surface area contributed by atoms with Crippen molar-refractivity contribution in [1.82, 2.24) is 10.2 Å². The highest BCUT2D eigenvalue weighted by Crippen LogP contribution is 2.16. The van der Waals surface area contributed by atoms with Gasteiger partial charge in [-0.25, -0.2) is 0 Å². The number of hydrogen-bond acceptors (Lipinski definition) is 4. The zero-order valence-electron chi connectivity index (χ0n) is 11.2. The van der Waals surface area contributed by atoms with Gasteiger partial charge in [0.1, 0.15) is 0 Å². The number of hydrogen-bond donors (Lipinski definition) is 1. The molecule has 4 heteroatoms. The molecular weight excluding hydrogens is 216 g/mol. The van der Waals surface area contributed by atoms with Crippen LogP contribution in [0.25, 0.3) is 0 Å². The molecule has 1 heterocycles. The van der Waals surface area contributed by atoms with Gasteiger partial charge in [-0.15, -0.1) is 0 Å². The molecular formula is C13H26N2O2. The summed E-state index contributed by atoms with van der Waals surface area (Å²) in [5.74, 6) is 0.690. The third-order valence-electron chi connectivity index (χ3n) is 3.22. The summed E-state index contributed by atoms with van der Waals surface area (Å²) < 4.78 is 4.96. The lowest BCUT2D eigenvalue weighted by atomic mass is 9.97. The van der Waals surface area contributed by atoms with E-state index in [0.29, 0.717) is 13.2 Å². The Labute approximate surface area is 105 Å². The van der Waals surface area contributed by atoms with Gasteiger partial charge >= 0.3 is 5.97 Å². The highest BCUT2D eigenvalue weighted by atomic mass is 16.5. The highest BCUT2D eigenvalue weighted by Gasteiger charge is 2.20. The number of carbonyl (C=O) groups is 1. The number of esters is 1. The molecule has 1 fully saturated rings. The Morgan fingerprint density at radius 2 is 2.06 bits per heavy atom. The van der Waals surface area contributed by atoms with Crippen LogP contribution in [0.2, 0.25) is 0 Å². The monoisotopic (exact) mass is 242 g/mol. The van der Waals surface area contributed by atoms with Gasteiger partial charge in [-0.1, -0.05) is 6.92 Å². The minimum absolute atomic E-state index is 0.0879. The van der Waals surface area contributed by atoms with E-state index in [1.54, 1.807) is 0 Å². The van der Waals surface area contributed by atoms with Crippen molar-refractivity contribution < 1.29 is 9.53 Å². The lowest BCUT2D eigenvalue weighted by molar-refractivity contribution is -0.144. The fraction of sp³-hybridized carbons (Fsp3) is 0.923. The van der Waals surface area contributed by atoms with Crippen LogP contribution in [0.4, 0.5) is 0 Å². The van der Waals surface area contributed by atoms with Crippen molar-refractivity contribution in [3.8, 4) is 0 Å². The topological polar surface area (TPSA) is 41.6 Å². The van der Waals surface area contributed by atoms with Crippen LogP contribution in [0.1, 0.15) is 33.1 Å². The summed E-state index contributed by atoms with van der Waals surface area (Å²) in [6, 6.07) is 0. The predicted molar refractivity (Wildman–Crippen MR) is 69.0 cm³/mol. The van der Waals surface area contributed by atoms with Crippen molar-refractivity contribution in [3.63, 3.8) is 0 Å². The fourth-order valence-electron chi connectivity index (χ4n) is 2.22. The zero-order valence-corrected chi connectivity index (χ0v) is 11.2. The SMILES string of the molecule is CCCNCC1CCN(CC(=O)OCC)CC1. The van der Waals surface area contributed by atoms with E-state index in [9.17, 15) is 4.79 Å². The van der Waals surface area contributed by atoms with E-state index in [4.69, 9.17) is 4.74 Å². The number of likely N-dealkylation sites (tertiary alicyclic amines) is 1. The molecule has 0 aromatic heterocycles. The van der Waals surface area contributed by atoms with Gasteiger partial charge in [-0.2, -0.15) is 0 Å². The second-order valence-corrected chi connectivity index (χ2v) is 4.73. The predicted octanol–water partition coefficient (Wildman–Crippen LogP) is 1.26. The molecule has 0 spiro atoms. The van der Waals surface area contributed by atoms with Crippen LogP contribution in [-0.4, -0.2) is 50.2 Å². The second kappa shape index (κ2) is 8.48. The maximum absolute atomic E-state index is 11.3. The zero-order chi connectivity index (χ0) is 12.5. The molecule has 4 nitrogen and oxygen atoms in total. The summed E-state index contributed by atoms with van der Waals surface area (Å²) in [5.41, 5.74) is 0. The van der Waals surface area contributed by atoms with E-state index < -0.39 is 0 Å². The molecule has 0 aromatic carbocycles. The van der Waals surface area contributed by atoms with Crippen LogP contribution in [0, 0.1) is 5.92 Å². The highest BCUT2D eigenvalue weighted by molar-refractivity contribution is 5.71. The lowest BCUT2D eigenvalue weighted by Gasteiger charge is -2.31. The summed E-state index contributed by atoms with van der Waals surface area (Å²) in [6.07, 6.45) is 3.58. The Kier molecular flexibility index (Phi) is 7.21. The van der Waals surface area contributed by atoms with E-state index in [-0.39, 0.29) is 5.97 Å². The summed E-state index contributed by atoms with van der Waals surface area (Å²) in [7, 11) is 0. The smallest absolute Gasteiger partial charge is 0.320 e. The average Bonchev–Trinajstić information content (AvgIpc) is 2.32. The molecule has 0 radical (unpaired) electrons. The minimum atomic E-state index is -0.0879. The van der Waals surface area contributed by atoms with Gasteiger partial charge in [0, 0.05) is 0 Å². The Morgan fingerprint density at radius 1 is 1.35 bits per heavy atom. The summed E-state index contributed by atoms with van der Waals surface area (Å²) in [4.78, 5) is 13.5. The number of rotatable bonds is 7. The number of piperidine rings is 1. The van der Waals surface area contributed by atoms with Crippen LogP contribution in [0.5, 0.6) is 0 Å². The molecule has 0 saturated carbocycles. The molecule has 1 aliphatic rings.